The highest BCUT2D eigenvalue weighted by Gasteiger charge is 2.29. The number of likely N-dealkylation sites (tertiary alicyclic amines) is 1. The fraction of sp³-hybridized carbons (Fsp3) is 0.364. The minimum Gasteiger partial charge on any atom is -0.459 e. The number of hydrogen-bond acceptors (Lipinski definition) is 5. The molecule has 0 saturated carbocycles. The maximum Gasteiger partial charge on any atom is 0.291 e. The summed E-state index contributed by atoms with van der Waals surface area (Å²) >= 11 is 1.61. The fourth-order valence-corrected chi connectivity index (χ4v) is 4.77. The van der Waals surface area contributed by atoms with Gasteiger partial charge in [0.25, 0.3) is 5.91 Å². The molecule has 1 unspecified atom stereocenters. The quantitative estimate of drug-likeness (QED) is 0.651. The van der Waals surface area contributed by atoms with Gasteiger partial charge >= 0.3 is 0 Å². The maximum absolute atomic E-state index is 12.6. The molecule has 4 rings (SSSR count). The highest BCUT2D eigenvalue weighted by atomic mass is 32.1. The first-order valence-electron chi connectivity index (χ1n) is 9.71. The number of thiophene rings is 1. The van der Waals surface area contributed by atoms with E-state index in [-0.39, 0.29) is 11.9 Å². The van der Waals surface area contributed by atoms with Crippen molar-refractivity contribution in [2.24, 2.45) is 5.92 Å². The second-order valence-electron chi connectivity index (χ2n) is 7.47. The van der Waals surface area contributed by atoms with Crippen LogP contribution >= 0.6 is 11.3 Å². The standard InChI is InChI=1S/C22H25N3O2S/c1-15-7-11-25(12-8-15)20(17-5-9-23-10-6-17)18-14-16(2)28-22(18)24-21(26)19-4-3-13-27-19/h3-6,9-10,13-15,20H,7-8,11-12H2,1-2H3,(H,24,26). The zero-order chi connectivity index (χ0) is 19.5. The van der Waals surface area contributed by atoms with E-state index in [2.05, 4.69) is 47.2 Å². The number of nitrogens with one attached hydrogen (secondary N) is 1. The van der Waals surface area contributed by atoms with Gasteiger partial charge in [-0.3, -0.25) is 14.7 Å². The molecule has 1 aliphatic rings. The summed E-state index contributed by atoms with van der Waals surface area (Å²) in [6.07, 6.45) is 7.59. The Morgan fingerprint density at radius 1 is 1.29 bits per heavy atom. The minimum atomic E-state index is -0.214. The van der Waals surface area contributed by atoms with Crippen molar-refractivity contribution < 1.29 is 9.21 Å². The van der Waals surface area contributed by atoms with Gasteiger partial charge in [0.2, 0.25) is 0 Å². The molecule has 5 nitrogen and oxygen atoms in total. The monoisotopic (exact) mass is 395 g/mol. The summed E-state index contributed by atoms with van der Waals surface area (Å²) in [5.41, 5.74) is 2.35. The first-order valence-corrected chi connectivity index (χ1v) is 10.5. The average Bonchev–Trinajstić information content (AvgIpc) is 3.35. The average molecular weight is 396 g/mol. The molecule has 4 heterocycles. The number of carbonyl (C=O) groups excluding carboxylic acids is 1. The van der Waals surface area contributed by atoms with Gasteiger partial charge in [0.05, 0.1) is 12.3 Å². The van der Waals surface area contributed by atoms with Gasteiger partial charge in [0.1, 0.15) is 5.00 Å². The summed E-state index contributed by atoms with van der Waals surface area (Å²) < 4.78 is 5.26. The van der Waals surface area contributed by atoms with E-state index in [0.717, 1.165) is 29.6 Å². The van der Waals surface area contributed by atoms with Crippen molar-refractivity contribution in [3.63, 3.8) is 0 Å². The van der Waals surface area contributed by atoms with Crippen molar-refractivity contribution in [1.29, 1.82) is 0 Å². The van der Waals surface area contributed by atoms with Gasteiger partial charge < -0.3 is 9.73 Å². The third-order valence-electron chi connectivity index (χ3n) is 5.36. The molecule has 1 amide bonds. The Bertz CT molecular complexity index is 913. The molecule has 0 aromatic carbocycles. The molecule has 1 N–H and O–H groups in total. The zero-order valence-corrected chi connectivity index (χ0v) is 17.0. The van der Waals surface area contributed by atoms with Crippen LogP contribution < -0.4 is 5.32 Å². The van der Waals surface area contributed by atoms with Crippen LogP contribution in [0.3, 0.4) is 0 Å². The van der Waals surface area contributed by atoms with Crippen LogP contribution in [0.25, 0.3) is 0 Å². The molecule has 0 aliphatic carbocycles. The Morgan fingerprint density at radius 3 is 2.71 bits per heavy atom. The minimum absolute atomic E-state index is 0.104. The van der Waals surface area contributed by atoms with Gasteiger partial charge in [-0.25, -0.2) is 0 Å². The number of aromatic nitrogens is 1. The Kier molecular flexibility index (Phi) is 5.59. The lowest BCUT2D eigenvalue weighted by molar-refractivity contribution is 0.0996. The number of pyridine rings is 1. The number of rotatable bonds is 5. The van der Waals surface area contributed by atoms with E-state index < -0.39 is 0 Å². The molecule has 146 valence electrons. The summed E-state index contributed by atoms with van der Waals surface area (Å²) in [7, 11) is 0. The lowest BCUT2D eigenvalue weighted by Crippen LogP contribution is -2.37. The van der Waals surface area contributed by atoms with E-state index in [1.165, 1.54) is 29.5 Å². The number of carbonyl (C=O) groups is 1. The highest BCUT2D eigenvalue weighted by molar-refractivity contribution is 7.16. The third-order valence-corrected chi connectivity index (χ3v) is 6.34. The van der Waals surface area contributed by atoms with Crippen LogP contribution in [0.15, 0.2) is 53.4 Å². The van der Waals surface area contributed by atoms with Crippen LogP contribution in [0.2, 0.25) is 0 Å². The van der Waals surface area contributed by atoms with E-state index in [1.54, 1.807) is 23.5 Å². The Morgan fingerprint density at radius 2 is 2.04 bits per heavy atom. The molecule has 0 bridgehead atoms. The summed E-state index contributed by atoms with van der Waals surface area (Å²) in [5, 5.41) is 3.96. The number of hydrogen-bond donors (Lipinski definition) is 1. The Hall–Kier alpha value is -2.44. The molecule has 6 heteroatoms. The number of amides is 1. The van der Waals surface area contributed by atoms with E-state index in [4.69, 9.17) is 4.42 Å². The smallest absolute Gasteiger partial charge is 0.291 e. The van der Waals surface area contributed by atoms with Crippen LogP contribution in [0.4, 0.5) is 5.00 Å². The second-order valence-corrected chi connectivity index (χ2v) is 8.73. The summed E-state index contributed by atoms with van der Waals surface area (Å²) in [4.78, 5) is 20.5. The van der Waals surface area contributed by atoms with Gasteiger partial charge in [-0.1, -0.05) is 6.92 Å². The van der Waals surface area contributed by atoms with Crippen LogP contribution in [0.1, 0.15) is 52.4 Å². The van der Waals surface area contributed by atoms with Crippen molar-refractivity contribution >= 4 is 22.2 Å². The molecule has 1 saturated heterocycles. The largest absolute Gasteiger partial charge is 0.459 e. The van der Waals surface area contributed by atoms with Crippen LogP contribution in [-0.2, 0) is 0 Å². The van der Waals surface area contributed by atoms with E-state index in [1.807, 2.05) is 12.4 Å². The highest BCUT2D eigenvalue weighted by Crippen LogP contribution is 2.40. The van der Waals surface area contributed by atoms with Crippen molar-refractivity contribution in [2.75, 3.05) is 18.4 Å². The number of furan rings is 1. The van der Waals surface area contributed by atoms with Crippen molar-refractivity contribution in [2.45, 2.75) is 32.7 Å². The van der Waals surface area contributed by atoms with Gasteiger partial charge in [-0.05, 0) is 74.7 Å². The van der Waals surface area contributed by atoms with E-state index >= 15 is 0 Å². The van der Waals surface area contributed by atoms with Crippen LogP contribution in [0, 0.1) is 12.8 Å². The molecule has 0 radical (unpaired) electrons. The first-order chi connectivity index (χ1) is 13.6. The topological polar surface area (TPSA) is 58.4 Å². The second kappa shape index (κ2) is 8.29. The molecular formula is C22H25N3O2S. The van der Waals surface area contributed by atoms with Gasteiger partial charge in [-0.2, -0.15) is 0 Å². The molecule has 0 spiro atoms. The first kappa shape index (κ1) is 18.9. The maximum atomic E-state index is 12.6. The molecule has 3 aromatic heterocycles. The molecule has 1 fully saturated rings. The molecular weight excluding hydrogens is 370 g/mol. The van der Waals surface area contributed by atoms with Crippen molar-refractivity contribution in [3.8, 4) is 0 Å². The van der Waals surface area contributed by atoms with Crippen molar-refractivity contribution in [3.05, 3.63) is 70.8 Å². The van der Waals surface area contributed by atoms with Crippen LogP contribution in [-0.4, -0.2) is 28.9 Å². The summed E-state index contributed by atoms with van der Waals surface area (Å²) in [6, 6.07) is 9.87. The molecule has 1 aliphatic heterocycles. The zero-order valence-electron chi connectivity index (χ0n) is 16.2. The summed E-state index contributed by atoms with van der Waals surface area (Å²) in [6.45, 7) is 6.50. The third kappa shape index (κ3) is 4.03. The number of aryl methyl sites for hydroxylation is 1. The van der Waals surface area contributed by atoms with Gasteiger partial charge in [0, 0.05) is 22.8 Å². The fourth-order valence-electron chi connectivity index (χ4n) is 3.83. The normalized spacial score (nSPS) is 16.8. The van der Waals surface area contributed by atoms with E-state index in [0.29, 0.717) is 5.76 Å². The van der Waals surface area contributed by atoms with Crippen LogP contribution in [0.5, 0.6) is 0 Å². The Labute approximate surface area is 169 Å². The SMILES string of the molecule is Cc1cc(C(c2ccncc2)N2CCC(C)CC2)c(NC(=O)c2ccco2)s1. The Balaban J connectivity index is 1.69. The molecule has 28 heavy (non-hydrogen) atoms. The lowest BCUT2D eigenvalue weighted by Gasteiger charge is -2.37. The van der Waals surface area contributed by atoms with Gasteiger partial charge in [-0.15, -0.1) is 11.3 Å². The summed E-state index contributed by atoms with van der Waals surface area (Å²) in [5.74, 6) is 0.870. The number of anilines is 1. The van der Waals surface area contributed by atoms with Crippen molar-refractivity contribution in [1.82, 2.24) is 9.88 Å². The number of piperidine rings is 1. The molecule has 3 aromatic rings. The number of nitrogens with zero attached hydrogens (tertiary/aromatic N) is 2. The van der Waals surface area contributed by atoms with Gasteiger partial charge in [0.15, 0.2) is 5.76 Å². The van der Waals surface area contributed by atoms with E-state index in [9.17, 15) is 4.79 Å². The molecule has 1 atom stereocenters. The lowest BCUT2D eigenvalue weighted by atomic mass is 9.93. The predicted molar refractivity (Wildman–Crippen MR) is 112 cm³/mol. The predicted octanol–water partition coefficient (Wildman–Crippen LogP) is 5.12.